The largest absolute Gasteiger partial charge is 0.298 e. The molecule has 1 aromatic carbocycles. The quantitative estimate of drug-likeness (QED) is 0.791. The van der Waals surface area contributed by atoms with Crippen molar-refractivity contribution >= 4 is 5.78 Å². The molecule has 1 atom stereocenters. The highest BCUT2D eigenvalue weighted by molar-refractivity contribution is 5.87. The summed E-state index contributed by atoms with van der Waals surface area (Å²) >= 11 is 0. The fourth-order valence-corrected chi connectivity index (χ4v) is 2.73. The Bertz CT molecular complexity index is 397. The van der Waals surface area contributed by atoms with Crippen LogP contribution in [0.25, 0.3) is 0 Å². The lowest BCUT2D eigenvalue weighted by Crippen LogP contribution is -2.54. The average Bonchev–Trinajstić information content (AvgIpc) is 2.23. The van der Waals surface area contributed by atoms with Crippen molar-refractivity contribution in [2.75, 3.05) is 6.54 Å². The van der Waals surface area contributed by atoms with Gasteiger partial charge >= 0.3 is 0 Å². The van der Waals surface area contributed by atoms with Crippen LogP contribution < -0.4 is 0 Å². The second-order valence-electron chi connectivity index (χ2n) is 5.29. The third-order valence-electron chi connectivity index (χ3n) is 4.19. The summed E-state index contributed by atoms with van der Waals surface area (Å²) < 4.78 is 0. The second kappa shape index (κ2) is 4.61. The van der Waals surface area contributed by atoms with Crippen molar-refractivity contribution < 1.29 is 4.79 Å². The number of nitrogens with zero attached hydrogens (tertiary/aromatic N) is 1. The molecule has 2 aliphatic rings. The van der Waals surface area contributed by atoms with Crippen molar-refractivity contribution in [3.05, 3.63) is 35.9 Å². The molecule has 1 heterocycles. The van der Waals surface area contributed by atoms with Gasteiger partial charge in [-0.05, 0) is 24.8 Å². The van der Waals surface area contributed by atoms with E-state index < -0.39 is 0 Å². The lowest BCUT2D eigenvalue weighted by molar-refractivity contribution is -0.135. The van der Waals surface area contributed by atoms with Crippen LogP contribution in [0, 0.1) is 5.92 Å². The van der Waals surface area contributed by atoms with Gasteiger partial charge in [0.25, 0.3) is 0 Å². The molecule has 0 N–H and O–H groups in total. The van der Waals surface area contributed by atoms with E-state index in [1.54, 1.807) is 0 Å². The molecule has 1 aliphatic heterocycles. The van der Waals surface area contributed by atoms with E-state index in [1.165, 1.54) is 12.0 Å². The van der Waals surface area contributed by atoms with Gasteiger partial charge in [0.2, 0.25) is 0 Å². The minimum atomic E-state index is 0.223. The minimum Gasteiger partial charge on any atom is -0.298 e. The number of benzene rings is 1. The number of likely N-dealkylation sites (tertiary alicyclic amines) is 1. The molecular formula is C15H19NO. The molecule has 3 rings (SSSR count). The number of carbonyl (C=O) groups is 1. The zero-order valence-corrected chi connectivity index (χ0v) is 10.1. The van der Waals surface area contributed by atoms with Crippen molar-refractivity contribution in [1.82, 2.24) is 4.90 Å². The topological polar surface area (TPSA) is 20.3 Å². The molecule has 2 heteroatoms. The maximum atomic E-state index is 12.2. The summed E-state index contributed by atoms with van der Waals surface area (Å²) in [4.78, 5) is 14.5. The van der Waals surface area contributed by atoms with E-state index in [0.29, 0.717) is 11.7 Å². The first kappa shape index (κ1) is 11.0. The molecule has 0 spiro atoms. The lowest BCUT2D eigenvalue weighted by Gasteiger charge is -2.42. The SMILES string of the molecule is O=C(C1CCC1)C1CCN1Cc1ccccc1. The summed E-state index contributed by atoms with van der Waals surface area (Å²) in [6.07, 6.45) is 4.59. The van der Waals surface area contributed by atoms with Gasteiger partial charge < -0.3 is 0 Å². The maximum Gasteiger partial charge on any atom is 0.153 e. The molecule has 0 bridgehead atoms. The van der Waals surface area contributed by atoms with E-state index in [0.717, 1.165) is 32.4 Å². The smallest absolute Gasteiger partial charge is 0.153 e. The van der Waals surface area contributed by atoms with Gasteiger partial charge in [0.05, 0.1) is 6.04 Å². The molecule has 0 aromatic heterocycles. The Morgan fingerprint density at radius 2 is 1.94 bits per heavy atom. The number of Topliss-reactive ketones (excluding diaryl/α,β-unsaturated/α-hetero) is 1. The Balaban J connectivity index is 1.59. The molecular weight excluding hydrogens is 210 g/mol. The van der Waals surface area contributed by atoms with Gasteiger partial charge in [-0.1, -0.05) is 36.8 Å². The normalized spacial score (nSPS) is 25.1. The van der Waals surface area contributed by atoms with E-state index in [1.807, 2.05) is 6.07 Å². The van der Waals surface area contributed by atoms with Gasteiger partial charge in [0.1, 0.15) is 0 Å². The summed E-state index contributed by atoms with van der Waals surface area (Å²) in [6.45, 7) is 2.02. The van der Waals surface area contributed by atoms with Gasteiger partial charge in [-0.2, -0.15) is 0 Å². The minimum absolute atomic E-state index is 0.223. The number of ketones is 1. The second-order valence-corrected chi connectivity index (χ2v) is 5.29. The van der Waals surface area contributed by atoms with Crippen molar-refractivity contribution in [2.45, 2.75) is 38.3 Å². The maximum absolute atomic E-state index is 12.2. The van der Waals surface area contributed by atoms with Crippen LogP contribution in [0.2, 0.25) is 0 Å². The van der Waals surface area contributed by atoms with E-state index >= 15 is 0 Å². The van der Waals surface area contributed by atoms with Gasteiger partial charge in [0, 0.05) is 19.0 Å². The van der Waals surface area contributed by atoms with Crippen LogP contribution in [0.3, 0.4) is 0 Å². The standard InChI is InChI=1S/C15H19NO/c17-15(13-7-4-8-13)14-9-10-16(14)11-12-5-2-1-3-6-12/h1-3,5-6,13-14H,4,7-11H2. The monoisotopic (exact) mass is 229 g/mol. The molecule has 2 fully saturated rings. The summed E-state index contributed by atoms with van der Waals surface area (Å²) in [5.74, 6) is 0.900. The van der Waals surface area contributed by atoms with Crippen LogP contribution in [-0.4, -0.2) is 23.3 Å². The van der Waals surface area contributed by atoms with Crippen molar-refractivity contribution in [2.24, 2.45) is 5.92 Å². The van der Waals surface area contributed by atoms with Crippen LogP contribution in [0.15, 0.2) is 30.3 Å². The molecule has 1 aliphatic carbocycles. The predicted molar refractivity (Wildman–Crippen MR) is 67.6 cm³/mol. The van der Waals surface area contributed by atoms with Crippen LogP contribution >= 0.6 is 0 Å². The van der Waals surface area contributed by atoms with Gasteiger partial charge in [0.15, 0.2) is 5.78 Å². The van der Waals surface area contributed by atoms with Crippen LogP contribution in [0.4, 0.5) is 0 Å². The highest BCUT2D eigenvalue weighted by Crippen LogP contribution is 2.33. The highest BCUT2D eigenvalue weighted by Gasteiger charge is 2.39. The van der Waals surface area contributed by atoms with Crippen molar-refractivity contribution in [1.29, 1.82) is 0 Å². The Morgan fingerprint density at radius 3 is 2.47 bits per heavy atom. The van der Waals surface area contributed by atoms with E-state index in [4.69, 9.17) is 0 Å². The highest BCUT2D eigenvalue weighted by atomic mass is 16.1. The molecule has 1 saturated heterocycles. The van der Waals surface area contributed by atoms with E-state index in [9.17, 15) is 4.79 Å². The third-order valence-corrected chi connectivity index (χ3v) is 4.19. The fourth-order valence-electron chi connectivity index (χ4n) is 2.73. The summed E-state index contributed by atoms with van der Waals surface area (Å²) in [5.41, 5.74) is 1.32. The number of carbonyl (C=O) groups excluding carboxylic acids is 1. The zero-order chi connectivity index (χ0) is 11.7. The lowest BCUT2D eigenvalue weighted by atomic mass is 9.77. The fraction of sp³-hybridized carbons (Fsp3) is 0.533. The zero-order valence-electron chi connectivity index (χ0n) is 10.1. The first-order valence-corrected chi connectivity index (χ1v) is 6.66. The Hall–Kier alpha value is -1.15. The van der Waals surface area contributed by atoms with Crippen LogP contribution in [-0.2, 0) is 11.3 Å². The predicted octanol–water partition coefficient (Wildman–Crippen LogP) is 2.63. The molecule has 0 radical (unpaired) electrons. The first-order valence-electron chi connectivity index (χ1n) is 6.66. The molecule has 1 unspecified atom stereocenters. The Morgan fingerprint density at radius 1 is 1.18 bits per heavy atom. The first-order chi connectivity index (χ1) is 8.34. The number of rotatable bonds is 4. The molecule has 90 valence electrons. The molecule has 0 amide bonds. The Labute approximate surface area is 103 Å². The molecule has 17 heavy (non-hydrogen) atoms. The van der Waals surface area contributed by atoms with Crippen molar-refractivity contribution in [3.63, 3.8) is 0 Å². The van der Waals surface area contributed by atoms with Crippen LogP contribution in [0.5, 0.6) is 0 Å². The average molecular weight is 229 g/mol. The third kappa shape index (κ3) is 2.14. The van der Waals surface area contributed by atoms with Gasteiger partial charge in [-0.15, -0.1) is 0 Å². The summed E-state index contributed by atoms with van der Waals surface area (Å²) in [5, 5.41) is 0. The molecule has 2 nitrogen and oxygen atoms in total. The Kier molecular flexibility index (Phi) is 2.98. The van der Waals surface area contributed by atoms with E-state index in [2.05, 4.69) is 29.2 Å². The number of hydrogen-bond acceptors (Lipinski definition) is 2. The number of hydrogen-bond donors (Lipinski definition) is 0. The van der Waals surface area contributed by atoms with Crippen LogP contribution in [0.1, 0.15) is 31.2 Å². The van der Waals surface area contributed by atoms with Crippen molar-refractivity contribution in [3.8, 4) is 0 Å². The van der Waals surface area contributed by atoms with Gasteiger partial charge in [-0.25, -0.2) is 0 Å². The molecule has 1 saturated carbocycles. The van der Waals surface area contributed by atoms with Gasteiger partial charge in [-0.3, -0.25) is 9.69 Å². The van der Waals surface area contributed by atoms with E-state index in [-0.39, 0.29) is 6.04 Å². The summed E-state index contributed by atoms with van der Waals surface area (Å²) in [7, 11) is 0. The molecule has 1 aromatic rings. The summed E-state index contributed by atoms with van der Waals surface area (Å²) in [6, 6.07) is 10.7.